The molecule has 7 nitrogen and oxygen atoms in total. The van der Waals surface area contributed by atoms with E-state index in [1.807, 2.05) is 5.38 Å². The minimum Gasteiger partial charge on any atom is -0.309 e. The molecule has 1 N–H and O–H groups in total. The fourth-order valence-electron chi connectivity index (χ4n) is 2.77. The van der Waals surface area contributed by atoms with Gasteiger partial charge in [-0.25, -0.2) is 4.98 Å². The summed E-state index contributed by atoms with van der Waals surface area (Å²) in [6.07, 6.45) is 5.38. The summed E-state index contributed by atoms with van der Waals surface area (Å²) < 4.78 is 1.70. The predicted molar refractivity (Wildman–Crippen MR) is 94.2 cm³/mol. The second-order valence-corrected chi connectivity index (χ2v) is 6.48. The van der Waals surface area contributed by atoms with Crippen LogP contribution in [0.3, 0.4) is 0 Å². The summed E-state index contributed by atoms with van der Waals surface area (Å²) in [5.74, 6) is 1.07. The van der Waals surface area contributed by atoms with Crippen molar-refractivity contribution in [1.82, 2.24) is 24.8 Å². The van der Waals surface area contributed by atoms with Crippen molar-refractivity contribution < 1.29 is 4.79 Å². The molecule has 0 aliphatic rings. The number of nitrogens with zero attached hydrogens (tertiary/aromatic N) is 5. The molecule has 1 amide bonds. The zero-order valence-electron chi connectivity index (χ0n) is 14.0. The fraction of sp³-hybridized carbons (Fsp3) is 0.438. The van der Waals surface area contributed by atoms with Gasteiger partial charge in [0.1, 0.15) is 0 Å². The number of nitrogens with one attached hydrogen (secondary N) is 1. The van der Waals surface area contributed by atoms with Crippen LogP contribution >= 0.6 is 11.3 Å². The third kappa shape index (κ3) is 3.01. The maximum atomic E-state index is 11.6. The molecular weight excluding hydrogens is 324 g/mol. The van der Waals surface area contributed by atoms with Gasteiger partial charge in [-0.15, -0.1) is 26.6 Å². The van der Waals surface area contributed by atoms with Crippen molar-refractivity contribution in [3.8, 4) is 10.8 Å². The number of fused-ring (bicyclic) bond motifs is 1. The van der Waals surface area contributed by atoms with Crippen molar-refractivity contribution in [3.63, 3.8) is 0 Å². The van der Waals surface area contributed by atoms with Crippen LogP contribution < -0.4 is 5.32 Å². The third-order valence-electron chi connectivity index (χ3n) is 3.68. The Hall–Kier alpha value is -2.35. The standard InChI is InChI=1S/C16H20N6OS/c1-4-6-11-12(7-5-2)14-19-20-15(16-17-8-9-24-16)22(14)21-13(11)18-10(3)23/h8-9H,4-7H2,1-3H3,(H,18,21,23). The number of carbonyl (C=O) groups excluding carboxylic acids is 1. The summed E-state index contributed by atoms with van der Waals surface area (Å²) in [4.78, 5) is 15.9. The van der Waals surface area contributed by atoms with E-state index in [9.17, 15) is 4.79 Å². The van der Waals surface area contributed by atoms with Crippen LogP contribution in [0.4, 0.5) is 5.82 Å². The van der Waals surface area contributed by atoms with E-state index in [1.54, 1.807) is 10.7 Å². The Bertz CT molecular complexity index is 855. The first-order valence-corrected chi connectivity index (χ1v) is 8.98. The first-order chi connectivity index (χ1) is 11.7. The highest BCUT2D eigenvalue weighted by molar-refractivity contribution is 7.13. The monoisotopic (exact) mass is 344 g/mol. The lowest BCUT2D eigenvalue weighted by Crippen LogP contribution is -2.15. The van der Waals surface area contributed by atoms with Gasteiger partial charge in [0.05, 0.1) is 0 Å². The topological polar surface area (TPSA) is 85.1 Å². The van der Waals surface area contributed by atoms with Gasteiger partial charge < -0.3 is 5.32 Å². The van der Waals surface area contributed by atoms with Gasteiger partial charge in [0, 0.05) is 29.6 Å². The number of thiazole rings is 1. The molecule has 0 aliphatic carbocycles. The number of amides is 1. The molecule has 3 aromatic rings. The van der Waals surface area contributed by atoms with E-state index in [1.165, 1.54) is 18.3 Å². The Kier molecular flexibility index (Phi) is 4.84. The number of aryl methyl sites for hydroxylation is 1. The maximum absolute atomic E-state index is 11.6. The van der Waals surface area contributed by atoms with E-state index in [2.05, 4.69) is 39.4 Å². The minimum absolute atomic E-state index is 0.134. The van der Waals surface area contributed by atoms with Gasteiger partial charge >= 0.3 is 0 Å². The molecule has 0 fully saturated rings. The summed E-state index contributed by atoms with van der Waals surface area (Å²) >= 11 is 1.49. The van der Waals surface area contributed by atoms with Gasteiger partial charge in [-0.2, -0.15) is 4.52 Å². The van der Waals surface area contributed by atoms with Gasteiger partial charge in [0.25, 0.3) is 0 Å². The van der Waals surface area contributed by atoms with Crippen LogP contribution in [-0.4, -0.2) is 30.7 Å². The lowest BCUT2D eigenvalue weighted by Gasteiger charge is -2.14. The first kappa shape index (κ1) is 16.5. The van der Waals surface area contributed by atoms with Crippen LogP contribution in [0.2, 0.25) is 0 Å². The highest BCUT2D eigenvalue weighted by atomic mass is 32.1. The van der Waals surface area contributed by atoms with Crippen molar-refractivity contribution in [2.24, 2.45) is 0 Å². The van der Waals surface area contributed by atoms with E-state index >= 15 is 0 Å². The fourth-order valence-corrected chi connectivity index (χ4v) is 3.37. The van der Waals surface area contributed by atoms with Gasteiger partial charge in [-0.3, -0.25) is 4.79 Å². The lowest BCUT2D eigenvalue weighted by molar-refractivity contribution is -0.114. The zero-order chi connectivity index (χ0) is 17.1. The van der Waals surface area contributed by atoms with Gasteiger partial charge in [-0.1, -0.05) is 26.7 Å². The zero-order valence-corrected chi connectivity index (χ0v) is 14.9. The Balaban J connectivity index is 2.27. The number of aromatic nitrogens is 5. The molecule has 0 atom stereocenters. The molecule has 0 bridgehead atoms. The minimum atomic E-state index is -0.134. The second-order valence-electron chi connectivity index (χ2n) is 5.58. The number of hydrogen-bond donors (Lipinski definition) is 1. The molecule has 3 rings (SSSR count). The molecule has 8 heteroatoms. The Morgan fingerprint density at radius 2 is 1.96 bits per heavy atom. The predicted octanol–water partition coefficient (Wildman–Crippen LogP) is 3.11. The molecule has 0 aliphatic heterocycles. The molecule has 0 aromatic carbocycles. The quantitative estimate of drug-likeness (QED) is 0.742. The highest BCUT2D eigenvalue weighted by Crippen LogP contribution is 2.28. The van der Waals surface area contributed by atoms with Gasteiger partial charge in [0.2, 0.25) is 11.7 Å². The van der Waals surface area contributed by atoms with Crippen molar-refractivity contribution in [2.45, 2.75) is 46.5 Å². The van der Waals surface area contributed by atoms with Crippen molar-refractivity contribution in [1.29, 1.82) is 0 Å². The van der Waals surface area contributed by atoms with Crippen LogP contribution in [0.25, 0.3) is 16.5 Å². The van der Waals surface area contributed by atoms with Crippen LogP contribution in [0.1, 0.15) is 44.7 Å². The van der Waals surface area contributed by atoms with Crippen LogP contribution in [0.5, 0.6) is 0 Å². The number of rotatable bonds is 6. The molecule has 0 radical (unpaired) electrons. The summed E-state index contributed by atoms with van der Waals surface area (Å²) in [7, 11) is 0. The molecule has 0 saturated heterocycles. The summed E-state index contributed by atoms with van der Waals surface area (Å²) in [5.41, 5.74) is 2.91. The van der Waals surface area contributed by atoms with E-state index in [0.29, 0.717) is 11.6 Å². The highest BCUT2D eigenvalue weighted by Gasteiger charge is 2.20. The average Bonchev–Trinajstić information content (AvgIpc) is 3.18. The third-order valence-corrected chi connectivity index (χ3v) is 4.45. The normalized spacial score (nSPS) is 11.1. The summed E-state index contributed by atoms with van der Waals surface area (Å²) in [6, 6.07) is 0. The van der Waals surface area contributed by atoms with E-state index < -0.39 is 0 Å². The van der Waals surface area contributed by atoms with Crippen LogP contribution in [0, 0.1) is 0 Å². The van der Waals surface area contributed by atoms with Crippen LogP contribution in [0.15, 0.2) is 11.6 Å². The van der Waals surface area contributed by atoms with Gasteiger partial charge in [-0.05, 0) is 12.8 Å². The number of anilines is 1. The summed E-state index contributed by atoms with van der Waals surface area (Å²) in [6.45, 7) is 5.74. The Morgan fingerprint density at radius 3 is 2.58 bits per heavy atom. The maximum Gasteiger partial charge on any atom is 0.222 e. The molecule has 24 heavy (non-hydrogen) atoms. The van der Waals surface area contributed by atoms with E-state index in [4.69, 9.17) is 0 Å². The number of hydrogen-bond acceptors (Lipinski definition) is 6. The SMILES string of the molecule is CCCc1c(NC(C)=O)nn2c(-c3nccs3)nnc2c1CCC. The van der Waals surface area contributed by atoms with Gasteiger partial charge in [0.15, 0.2) is 16.5 Å². The largest absolute Gasteiger partial charge is 0.309 e. The number of carbonyl (C=O) groups is 1. The first-order valence-electron chi connectivity index (χ1n) is 8.10. The van der Waals surface area contributed by atoms with Crippen LogP contribution in [-0.2, 0) is 17.6 Å². The second kappa shape index (κ2) is 7.04. The molecule has 3 aromatic heterocycles. The smallest absolute Gasteiger partial charge is 0.222 e. The van der Waals surface area contributed by atoms with Crippen molar-refractivity contribution in [2.75, 3.05) is 5.32 Å². The van der Waals surface area contributed by atoms with E-state index in [-0.39, 0.29) is 5.91 Å². The Morgan fingerprint density at radius 1 is 1.21 bits per heavy atom. The Labute approximate surface area is 144 Å². The molecule has 0 unspecified atom stereocenters. The lowest BCUT2D eigenvalue weighted by atomic mass is 10.0. The van der Waals surface area contributed by atoms with Crippen molar-refractivity contribution in [3.05, 3.63) is 22.7 Å². The molecule has 0 spiro atoms. The molecule has 3 heterocycles. The molecule has 126 valence electrons. The molecule has 0 saturated carbocycles. The summed E-state index contributed by atoms with van der Waals surface area (Å²) in [5, 5.41) is 18.8. The van der Waals surface area contributed by atoms with Crippen molar-refractivity contribution >= 4 is 28.7 Å². The van der Waals surface area contributed by atoms with E-state index in [0.717, 1.165) is 47.5 Å². The average molecular weight is 344 g/mol. The molecular formula is C16H20N6OS.